The lowest BCUT2D eigenvalue weighted by molar-refractivity contribution is -0.377. The van der Waals surface area contributed by atoms with Gasteiger partial charge in [0, 0.05) is 45.2 Å². The zero-order chi connectivity index (χ0) is 34.0. The standard InChI is InChI=1S/C34H39Cl2F2N3O7/c1-40(20-23-5-7-28(31(15-23)43-2)45-14-11-41-9-12-44-13-10-41)34(42)48-30(17-25-26(35)18-39-19-27(25)36)24-6-8-29(47-33(37)38)32(16-24)46-21-22-3-4-22/h5-8,15-16,18-19,22,30,33H,3-4,9-14,17,20-21H2,1-2H3/p+1/t30-/m0/s1. The normalized spacial score (nSPS) is 15.6. The molecule has 5 rings (SSSR count). The molecule has 1 aliphatic carbocycles. The minimum Gasteiger partial charge on any atom is -0.493 e. The molecule has 2 heterocycles. The van der Waals surface area contributed by atoms with Crippen LogP contribution in [0.3, 0.4) is 0 Å². The number of benzene rings is 2. The SMILES string of the molecule is COc1cc(CN(C)C(=O)O[C@@H](Cc2c(Cl)c[nH+]cc2Cl)c2ccc(OC(F)F)c(OCC3CC3)c2)ccc1OCCN1CCOCC1. The minimum absolute atomic E-state index is 0.105. The fraction of sp³-hybridized carbons (Fsp3) is 0.471. The maximum absolute atomic E-state index is 13.5. The summed E-state index contributed by atoms with van der Waals surface area (Å²) in [6.07, 6.45) is 3.73. The number of nitrogens with zero attached hydrogens (tertiary/aromatic N) is 2. The number of methoxy groups -OCH3 is 1. The van der Waals surface area contributed by atoms with Crippen LogP contribution < -0.4 is 23.9 Å². The Balaban J connectivity index is 1.30. The number of nitrogens with one attached hydrogen (secondary N) is 1. The van der Waals surface area contributed by atoms with Crippen molar-refractivity contribution in [2.24, 2.45) is 5.92 Å². The molecule has 0 unspecified atom stereocenters. The van der Waals surface area contributed by atoms with Crippen LogP contribution in [0.15, 0.2) is 48.8 Å². The topological polar surface area (TPSA) is 93.1 Å². The molecule has 2 aromatic carbocycles. The van der Waals surface area contributed by atoms with Crippen molar-refractivity contribution in [3.8, 4) is 23.0 Å². The highest BCUT2D eigenvalue weighted by molar-refractivity contribution is 6.35. The third kappa shape index (κ3) is 10.2. The molecule has 3 aromatic rings. The first kappa shape index (κ1) is 35.7. The van der Waals surface area contributed by atoms with Gasteiger partial charge in [0.25, 0.3) is 0 Å². The Morgan fingerprint density at radius 1 is 1.02 bits per heavy atom. The average molecular weight is 712 g/mol. The maximum atomic E-state index is 13.5. The number of alkyl halides is 2. The fourth-order valence-corrected chi connectivity index (χ4v) is 5.73. The first-order chi connectivity index (χ1) is 23.2. The summed E-state index contributed by atoms with van der Waals surface area (Å²) in [7, 11) is 3.17. The van der Waals surface area contributed by atoms with Crippen LogP contribution in [0.5, 0.6) is 23.0 Å². The van der Waals surface area contributed by atoms with Crippen molar-refractivity contribution in [2.45, 2.75) is 38.5 Å². The van der Waals surface area contributed by atoms with E-state index in [1.807, 2.05) is 18.2 Å². The number of carbonyl (C=O) groups excluding carboxylic acids is 1. The van der Waals surface area contributed by atoms with Crippen molar-refractivity contribution in [1.82, 2.24) is 9.80 Å². The molecule has 1 N–H and O–H groups in total. The number of aromatic nitrogens is 1. The van der Waals surface area contributed by atoms with Crippen molar-refractivity contribution < 1.29 is 47.0 Å². The van der Waals surface area contributed by atoms with Crippen LogP contribution in [-0.4, -0.2) is 82.7 Å². The summed E-state index contributed by atoms with van der Waals surface area (Å²) >= 11 is 12.9. The number of ether oxygens (including phenoxy) is 6. The van der Waals surface area contributed by atoms with Gasteiger partial charge in [0.05, 0.1) is 26.9 Å². The molecular weight excluding hydrogens is 671 g/mol. The smallest absolute Gasteiger partial charge is 0.410 e. The number of aromatic amines is 1. The van der Waals surface area contributed by atoms with Crippen LogP contribution in [0.25, 0.3) is 0 Å². The van der Waals surface area contributed by atoms with Gasteiger partial charge in [-0.05, 0) is 54.2 Å². The number of carbonyl (C=O) groups is 1. The van der Waals surface area contributed by atoms with Crippen molar-refractivity contribution >= 4 is 29.3 Å². The lowest BCUT2D eigenvalue weighted by Gasteiger charge is -2.26. The van der Waals surface area contributed by atoms with Crippen molar-refractivity contribution in [2.75, 3.05) is 60.2 Å². The van der Waals surface area contributed by atoms with E-state index in [0.717, 1.165) is 51.3 Å². The molecule has 1 atom stereocenters. The molecule has 1 amide bonds. The van der Waals surface area contributed by atoms with Crippen molar-refractivity contribution in [3.05, 3.63) is 75.5 Å². The number of hydrogen-bond donors (Lipinski definition) is 0. The van der Waals surface area contributed by atoms with Crippen molar-refractivity contribution in [1.29, 1.82) is 0 Å². The Labute approximate surface area is 288 Å². The summed E-state index contributed by atoms with van der Waals surface area (Å²) in [5.74, 6) is 1.54. The lowest BCUT2D eigenvalue weighted by atomic mass is 10.0. The van der Waals surface area contributed by atoms with Crippen molar-refractivity contribution in [3.63, 3.8) is 0 Å². The minimum atomic E-state index is -3.03. The van der Waals surface area contributed by atoms with Gasteiger partial charge in [-0.2, -0.15) is 8.78 Å². The molecule has 14 heteroatoms. The van der Waals surface area contributed by atoms with Crippen LogP contribution in [0.1, 0.15) is 35.6 Å². The average Bonchev–Trinajstić information content (AvgIpc) is 3.91. The zero-order valence-electron chi connectivity index (χ0n) is 26.9. The highest BCUT2D eigenvalue weighted by atomic mass is 35.5. The molecule has 1 aromatic heterocycles. The van der Waals surface area contributed by atoms with Crippen LogP contribution in [0.4, 0.5) is 13.6 Å². The highest BCUT2D eigenvalue weighted by Crippen LogP contribution is 2.38. The Morgan fingerprint density at radius 3 is 2.44 bits per heavy atom. The third-order valence-electron chi connectivity index (χ3n) is 8.08. The third-order valence-corrected chi connectivity index (χ3v) is 8.76. The number of rotatable bonds is 16. The van der Waals surface area contributed by atoms with Crippen LogP contribution in [0.2, 0.25) is 10.0 Å². The molecule has 1 saturated heterocycles. The van der Waals surface area contributed by atoms with E-state index in [1.165, 1.54) is 11.0 Å². The number of H-pyrrole nitrogens is 1. The van der Waals surface area contributed by atoms with Gasteiger partial charge in [-0.1, -0.05) is 35.3 Å². The maximum Gasteiger partial charge on any atom is 0.410 e. The number of hydrogen-bond acceptors (Lipinski definition) is 8. The monoisotopic (exact) mass is 710 g/mol. The fourth-order valence-electron chi connectivity index (χ4n) is 5.20. The van der Waals surface area contributed by atoms with Gasteiger partial charge in [0.2, 0.25) is 0 Å². The van der Waals surface area contributed by atoms with Gasteiger partial charge in [-0.15, -0.1) is 0 Å². The quantitative estimate of drug-likeness (QED) is 0.167. The molecule has 1 aliphatic heterocycles. The van der Waals surface area contributed by atoms with Crippen LogP contribution in [-0.2, 0) is 22.4 Å². The van der Waals surface area contributed by atoms with Gasteiger partial charge in [-0.3, -0.25) is 4.90 Å². The molecule has 260 valence electrons. The Hall–Kier alpha value is -3.58. The van der Waals surface area contributed by atoms with E-state index in [4.69, 9.17) is 51.6 Å². The zero-order valence-corrected chi connectivity index (χ0v) is 28.4. The van der Waals surface area contributed by atoms with E-state index in [-0.39, 0.29) is 24.5 Å². The van der Waals surface area contributed by atoms with E-state index in [1.54, 1.807) is 38.7 Å². The van der Waals surface area contributed by atoms with Gasteiger partial charge in [0.1, 0.15) is 22.8 Å². The lowest BCUT2D eigenvalue weighted by Crippen LogP contribution is -2.38. The number of halogens is 4. The van der Waals surface area contributed by atoms with Gasteiger partial charge in [0.15, 0.2) is 35.4 Å². The van der Waals surface area contributed by atoms with E-state index < -0.39 is 18.8 Å². The summed E-state index contributed by atoms with van der Waals surface area (Å²) in [5, 5.41) is 0.693. The number of morpholine rings is 1. The predicted molar refractivity (Wildman–Crippen MR) is 174 cm³/mol. The van der Waals surface area contributed by atoms with E-state index in [9.17, 15) is 13.6 Å². The molecular formula is C34H40Cl2F2N3O7+. The van der Waals surface area contributed by atoms with E-state index in [0.29, 0.717) is 51.8 Å². The summed E-state index contributed by atoms with van der Waals surface area (Å²) in [6.45, 7) is 2.00. The summed E-state index contributed by atoms with van der Waals surface area (Å²) < 4.78 is 59.9. The predicted octanol–water partition coefficient (Wildman–Crippen LogP) is 6.47. The second-order valence-corrected chi connectivity index (χ2v) is 12.5. The molecule has 0 spiro atoms. The summed E-state index contributed by atoms with van der Waals surface area (Å²) in [4.78, 5) is 20.1. The molecule has 1 saturated carbocycles. The molecule has 0 radical (unpaired) electrons. The van der Waals surface area contributed by atoms with Gasteiger partial charge < -0.3 is 33.3 Å². The highest BCUT2D eigenvalue weighted by Gasteiger charge is 2.27. The molecule has 0 bridgehead atoms. The van der Waals surface area contributed by atoms with E-state index >= 15 is 0 Å². The number of amides is 1. The van der Waals surface area contributed by atoms with Gasteiger partial charge in [-0.25, -0.2) is 9.78 Å². The Morgan fingerprint density at radius 2 is 1.75 bits per heavy atom. The summed E-state index contributed by atoms with van der Waals surface area (Å²) in [6, 6.07) is 9.98. The summed E-state index contributed by atoms with van der Waals surface area (Å²) in [5.41, 5.74) is 1.82. The first-order valence-corrected chi connectivity index (χ1v) is 16.5. The largest absolute Gasteiger partial charge is 0.493 e. The molecule has 10 nitrogen and oxygen atoms in total. The number of pyridine rings is 1. The van der Waals surface area contributed by atoms with Crippen LogP contribution >= 0.6 is 23.2 Å². The molecule has 48 heavy (non-hydrogen) atoms. The van der Waals surface area contributed by atoms with E-state index in [2.05, 4.69) is 9.88 Å². The van der Waals surface area contributed by atoms with Crippen LogP contribution in [0, 0.1) is 5.92 Å². The molecule has 2 fully saturated rings. The van der Waals surface area contributed by atoms with Gasteiger partial charge >= 0.3 is 12.7 Å². The second kappa shape index (κ2) is 17.2. The Kier molecular flexibility index (Phi) is 12.8. The second-order valence-electron chi connectivity index (χ2n) is 11.7. The Bertz CT molecular complexity index is 1510. The molecule has 2 aliphatic rings. The first-order valence-electron chi connectivity index (χ1n) is 15.8.